The monoisotopic (exact) mass is 223 g/mol. The largest absolute Gasteiger partial charge is 0.493 e. The highest BCUT2D eigenvalue weighted by atomic mass is 35.5. The lowest BCUT2D eigenvalue weighted by Gasteiger charge is -2.13. The van der Waals surface area contributed by atoms with Crippen LogP contribution >= 0.6 is 11.6 Å². The van der Waals surface area contributed by atoms with Crippen LogP contribution in [-0.2, 0) is 0 Å². The second kappa shape index (κ2) is 3.39. The van der Waals surface area contributed by atoms with Gasteiger partial charge in [0, 0.05) is 17.0 Å². The molecule has 1 aromatic carbocycles. The highest BCUT2D eigenvalue weighted by molar-refractivity contribution is 6.30. The van der Waals surface area contributed by atoms with Crippen LogP contribution in [0.1, 0.15) is 6.42 Å². The van der Waals surface area contributed by atoms with Crippen molar-refractivity contribution in [2.45, 2.75) is 6.42 Å². The summed E-state index contributed by atoms with van der Waals surface area (Å²) in [7, 11) is 0. The minimum atomic E-state index is 0.444. The molecule has 2 atom stereocenters. The molecule has 2 aliphatic rings. The Bertz CT molecular complexity index is 364. The summed E-state index contributed by atoms with van der Waals surface area (Å²) in [6.45, 7) is 3.13. The summed E-state index contributed by atoms with van der Waals surface area (Å²) in [4.78, 5) is 0. The van der Waals surface area contributed by atoms with Gasteiger partial charge < -0.3 is 10.1 Å². The Labute approximate surface area is 94.6 Å². The third kappa shape index (κ3) is 1.72. The summed E-state index contributed by atoms with van der Waals surface area (Å²) >= 11 is 5.81. The quantitative estimate of drug-likeness (QED) is 0.849. The molecule has 15 heavy (non-hydrogen) atoms. The highest BCUT2D eigenvalue weighted by Gasteiger charge is 2.57. The highest BCUT2D eigenvalue weighted by Crippen LogP contribution is 2.54. The fourth-order valence-corrected chi connectivity index (χ4v) is 2.54. The number of benzene rings is 1. The lowest BCUT2D eigenvalue weighted by molar-refractivity contribution is 0.236. The van der Waals surface area contributed by atoms with Gasteiger partial charge in [0.15, 0.2) is 0 Å². The van der Waals surface area contributed by atoms with E-state index in [1.807, 2.05) is 24.3 Å². The summed E-state index contributed by atoms with van der Waals surface area (Å²) in [6, 6.07) is 7.59. The maximum Gasteiger partial charge on any atom is 0.119 e. The fraction of sp³-hybridized carbons (Fsp3) is 0.500. The number of hydrogen-bond acceptors (Lipinski definition) is 2. The Morgan fingerprint density at radius 2 is 2.20 bits per heavy atom. The fourth-order valence-electron chi connectivity index (χ4n) is 2.42. The molecule has 80 valence electrons. The zero-order valence-electron chi connectivity index (χ0n) is 8.50. The predicted octanol–water partition coefficient (Wildman–Crippen LogP) is 2.33. The molecule has 2 fully saturated rings. The topological polar surface area (TPSA) is 21.3 Å². The molecule has 0 bridgehead atoms. The summed E-state index contributed by atoms with van der Waals surface area (Å²) in [5, 5.41) is 4.16. The zero-order chi connectivity index (χ0) is 10.3. The van der Waals surface area contributed by atoms with Crippen LogP contribution in [0.3, 0.4) is 0 Å². The van der Waals surface area contributed by atoms with Crippen molar-refractivity contribution in [1.82, 2.24) is 5.32 Å². The van der Waals surface area contributed by atoms with E-state index >= 15 is 0 Å². The summed E-state index contributed by atoms with van der Waals surface area (Å²) < 4.78 is 5.79. The molecule has 2 nitrogen and oxygen atoms in total. The Morgan fingerprint density at radius 3 is 2.80 bits per heavy atom. The van der Waals surface area contributed by atoms with E-state index in [0.29, 0.717) is 5.41 Å². The van der Waals surface area contributed by atoms with E-state index in [4.69, 9.17) is 16.3 Å². The van der Waals surface area contributed by atoms with Crippen LogP contribution in [0.2, 0.25) is 5.02 Å². The molecule has 0 spiro atoms. The molecule has 0 aromatic heterocycles. The van der Waals surface area contributed by atoms with Gasteiger partial charge in [-0.2, -0.15) is 0 Å². The molecule has 1 saturated carbocycles. The van der Waals surface area contributed by atoms with Gasteiger partial charge in [0.1, 0.15) is 5.75 Å². The van der Waals surface area contributed by atoms with E-state index in [9.17, 15) is 0 Å². The minimum Gasteiger partial charge on any atom is -0.493 e. The number of ether oxygens (including phenoxy) is 1. The molecule has 1 saturated heterocycles. The van der Waals surface area contributed by atoms with E-state index in [1.54, 1.807) is 0 Å². The van der Waals surface area contributed by atoms with Crippen LogP contribution in [0, 0.1) is 11.3 Å². The van der Waals surface area contributed by atoms with Crippen LogP contribution in [0.5, 0.6) is 5.75 Å². The van der Waals surface area contributed by atoms with E-state index in [1.165, 1.54) is 13.0 Å². The molecule has 0 radical (unpaired) electrons. The van der Waals surface area contributed by atoms with Crippen molar-refractivity contribution < 1.29 is 4.74 Å². The number of fused-ring (bicyclic) bond motifs is 1. The van der Waals surface area contributed by atoms with Crippen molar-refractivity contribution in [2.75, 3.05) is 19.7 Å². The smallest absolute Gasteiger partial charge is 0.119 e. The lowest BCUT2D eigenvalue weighted by Crippen LogP contribution is -2.21. The number of halogens is 1. The first-order valence-electron chi connectivity index (χ1n) is 5.38. The maximum atomic E-state index is 5.81. The summed E-state index contributed by atoms with van der Waals surface area (Å²) in [6.07, 6.45) is 1.33. The molecule has 1 aliphatic carbocycles. The van der Waals surface area contributed by atoms with Crippen LogP contribution in [0.25, 0.3) is 0 Å². The van der Waals surface area contributed by atoms with Crippen molar-refractivity contribution >= 4 is 11.6 Å². The lowest BCUT2D eigenvalue weighted by atomic mass is 10.1. The third-order valence-electron chi connectivity index (χ3n) is 3.57. The van der Waals surface area contributed by atoms with Crippen molar-refractivity contribution in [3.05, 3.63) is 29.3 Å². The van der Waals surface area contributed by atoms with Crippen LogP contribution < -0.4 is 10.1 Å². The van der Waals surface area contributed by atoms with Gasteiger partial charge in [-0.3, -0.25) is 0 Å². The minimum absolute atomic E-state index is 0.444. The molecular formula is C12H14ClNO. The molecule has 3 rings (SSSR count). The molecule has 1 N–H and O–H groups in total. The SMILES string of the molecule is Clc1ccc(OCC23CNCC2C3)cc1. The van der Waals surface area contributed by atoms with Gasteiger partial charge in [-0.1, -0.05) is 11.6 Å². The van der Waals surface area contributed by atoms with Gasteiger partial charge in [-0.15, -0.1) is 0 Å². The van der Waals surface area contributed by atoms with Crippen molar-refractivity contribution in [3.8, 4) is 5.75 Å². The average Bonchev–Trinajstić information content (AvgIpc) is 2.80. The van der Waals surface area contributed by atoms with Gasteiger partial charge in [0.25, 0.3) is 0 Å². The van der Waals surface area contributed by atoms with Crippen LogP contribution in [0.4, 0.5) is 0 Å². The average molecular weight is 224 g/mol. The predicted molar refractivity (Wildman–Crippen MR) is 60.4 cm³/mol. The molecule has 2 unspecified atom stereocenters. The van der Waals surface area contributed by atoms with Crippen LogP contribution in [-0.4, -0.2) is 19.7 Å². The van der Waals surface area contributed by atoms with Crippen molar-refractivity contribution in [1.29, 1.82) is 0 Å². The molecule has 1 aliphatic heterocycles. The first kappa shape index (κ1) is 9.49. The van der Waals surface area contributed by atoms with E-state index in [2.05, 4.69) is 5.32 Å². The second-order valence-corrected chi connectivity index (χ2v) is 5.07. The van der Waals surface area contributed by atoms with Gasteiger partial charge >= 0.3 is 0 Å². The Morgan fingerprint density at radius 1 is 1.40 bits per heavy atom. The van der Waals surface area contributed by atoms with Crippen molar-refractivity contribution in [2.24, 2.45) is 11.3 Å². The first-order chi connectivity index (χ1) is 7.28. The standard InChI is InChI=1S/C12H14ClNO/c13-10-1-3-11(4-2-10)15-8-12-5-9(12)6-14-7-12/h1-4,9,14H,5-8H2. The number of hydrogen-bond donors (Lipinski definition) is 1. The summed E-state index contributed by atoms with van der Waals surface area (Å²) in [5.41, 5.74) is 0.444. The maximum absolute atomic E-state index is 5.81. The Kier molecular flexibility index (Phi) is 2.15. The number of rotatable bonds is 3. The second-order valence-electron chi connectivity index (χ2n) is 4.64. The van der Waals surface area contributed by atoms with Gasteiger partial charge in [0.05, 0.1) is 6.61 Å². The van der Waals surface area contributed by atoms with Crippen molar-refractivity contribution in [3.63, 3.8) is 0 Å². The van der Waals surface area contributed by atoms with E-state index < -0.39 is 0 Å². The Hall–Kier alpha value is -0.730. The number of nitrogens with one attached hydrogen (secondary N) is 1. The molecule has 1 heterocycles. The normalized spacial score (nSPS) is 32.5. The van der Waals surface area contributed by atoms with Gasteiger partial charge in [-0.05, 0) is 43.1 Å². The first-order valence-corrected chi connectivity index (χ1v) is 5.75. The van der Waals surface area contributed by atoms with Crippen LogP contribution in [0.15, 0.2) is 24.3 Å². The zero-order valence-corrected chi connectivity index (χ0v) is 9.26. The third-order valence-corrected chi connectivity index (χ3v) is 3.82. The van der Waals surface area contributed by atoms with E-state index in [0.717, 1.165) is 29.8 Å². The summed E-state index contributed by atoms with van der Waals surface area (Å²) in [5.74, 6) is 1.77. The molecule has 1 aromatic rings. The molecule has 3 heteroatoms. The number of piperidine rings is 1. The van der Waals surface area contributed by atoms with Gasteiger partial charge in [0.2, 0.25) is 0 Å². The molecule has 0 amide bonds. The molecular weight excluding hydrogens is 210 g/mol. The Balaban J connectivity index is 1.60. The van der Waals surface area contributed by atoms with E-state index in [-0.39, 0.29) is 0 Å². The van der Waals surface area contributed by atoms with Gasteiger partial charge in [-0.25, -0.2) is 0 Å².